The molecule has 0 aliphatic carbocycles. The van der Waals surface area contributed by atoms with Gasteiger partial charge in [-0.3, -0.25) is 0 Å². The van der Waals surface area contributed by atoms with Gasteiger partial charge in [0.15, 0.2) is 9.84 Å². The zero-order chi connectivity index (χ0) is 21.1. The molecule has 1 atom stereocenters. The Morgan fingerprint density at radius 3 is 2.14 bits per heavy atom. The monoisotopic (exact) mass is 433 g/mol. The summed E-state index contributed by atoms with van der Waals surface area (Å²) < 4.78 is 52.0. The number of sulfonamides is 1. The Balaban J connectivity index is 1.82. The molecule has 7 nitrogen and oxygen atoms in total. The normalized spacial score (nSPS) is 13.3. The molecule has 1 unspecified atom stereocenters. The van der Waals surface area contributed by atoms with Gasteiger partial charge in [0, 0.05) is 0 Å². The summed E-state index contributed by atoms with van der Waals surface area (Å²) in [6, 6.07) is 14.3. The first-order valence-corrected chi connectivity index (χ1v) is 12.4. The van der Waals surface area contributed by atoms with Crippen molar-refractivity contribution >= 4 is 19.9 Å². The van der Waals surface area contributed by atoms with Crippen LogP contribution < -0.4 is 4.72 Å². The molecule has 3 aromatic rings. The number of benzene rings is 2. The molecular weight excluding hydrogens is 410 g/mol. The van der Waals surface area contributed by atoms with Gasteiger partial charge in [0.25, 0.3) is 0 Å². The summed E-state index contributed by atoms with van der Waals surface area (Å²) in [7, 11) is -7.23. The van der Waals surface area contributed by atoms with Crippen molar-refractivity contribution < 1.29 is 16.8 Å². The molecule has 0 bridgehead atoms. The smallest absolute Gasteiger partial charge is 0.241 e. The van der Waals surface area contributed by atoms with Crippen molar-refractivity contribution in [1.29, 1.82) is 0 Å². The third-order valence-corrected chi connectivity index (χ3v) is 7.83. The first-order valence-electron chi connectivity index (χ1n) is 9.22. The van der Waals surface area contributed by atoms with E-state index in [1.165, 1.54) is 24.3 Å². The number of aromatic nitrogens is 2. The molecular formula is C20H23N3O4S2. The van der Waals surface area contributed by atoms with E-state index < -0.39 is 25.9 Å². The second kappa shape index (κ2) is 8.48. The van der Waals surface area contributed by atoms with E-state index in [4.69, 9.17) is 0 Å². The summed E-state index contributed by atoms with van der Waals surface area (Å²) in [6.45, 7) is 3.40. The van der Waals surface area contributed by atoms with Gasteiger partial charge >= 0.3 is 0 Å². The van der Waals surface area contributed by atoms with Crippen molar-refractivity contribution in [3.8, 4) is 11.3 Å². The minimum atomic E-state index is -3.85. The number of nitrogens with zero attached hydrogens (tertiary/aromatic N) is 1. The third-order valence-electron chi connectivity index (χ3n) is 4.59. The van der Waals surface area contributed by atoms with E-state index in [0.717, 1.165) is 11.3 Å². The Morgan fingerprint density at radius 1 is 0.931 bits per heavy atom. The highest BCUT2D eigenvalue weighted by molar-refractivity contribution is 7.91. The highest BCUT2D eigenvalue weighted by atomic mass is 32.2. The molecule has 1 aromatic heterocycles. The molecule has 2 aromatic carbocycles. The van der Waals surface area contributed by atoms with Crippen molar-refractivity contribution in [2.45, 2.75) is 36.1 Å². The van der Waals surface area contributed by atoms with Gasteiger partial charge in [0.2, 0.25) is 10.0 Å². The number of aromatic amines is 1. The summed E-state index contributed by atoms with van der Waals surface area (Å²) >= 11 is 0. The number of imidazole rings is 1. The molecule has 29 heavy (non-hydrogen) atoms. The molecule has 0 saturated heterocycles. The lowest BCUT2D eigenvalue weighted by atomic mass is 10.2. The molecule has 0 radical (unpaired) electrons. The van der Waals surface area contributed by atoms with E-state index in [1.807, 2.05) is 37.3 Å². The predicted molar refractivity (Wildman–Crippen MR) is 112 cm³/mol. The first-order chi connectivity index (χ1) is 13.8. The highest BCUT2D eigenvalue weighted by Gasteiger charge is 2.23. The Morgan fingerprint density at radius 2 is 1.55 bits per heavy atom. The molecule has 154 valence electrons. The van der Waals surface area contributed by atoms with Crippen LogP contribution in [-0.4, -0.2) is 32.6 Å². The van der Waals surface area contributed by atoms with Gasteiger partial charge in [0.1, 0.15) is 5.82 Å². The number of nitrogens with one attached hydrogen (secondary N) is 2. The lowest BCUT2D eigenvalue weighted by Gasteiger charge is -2.15. The number of H-pyrrole nitrogens is 1. The van der Waals surface area contributed by atoms with Crippen LogP contribution in [0.15, 0.2) is 70.6 Å². The van der Waals surface area contributed by atoms with E-state index in [9.17, 15) is 16.8 Å². The number of sulfone groups is 1. The molecule has 0 aliphatic rings. The summed E-state index contributed by atoms with van der Waals surface area (Å²) in [6.07, 6.45) is 2.16. The van der Waals surface area contributed by atoms with E-state index in [0.29, 0.717) is 12.2 Å². The minimum Gasteiger partial charge on any atom is -0.341 e. The molecule has 0 aliphatic heterocycles. The van der Waals surface area contributed by atoms with Crippen molar-refractivity contribution in [2.75, 3.05) is 5.75 Å². The van der Waals surface area contributed by atoms with Gasteiger partial charge in [-0.05, 0) is 36.2 Å². The molecule has 0 saturated carbocycles. The zero-order valence-electron chi connectivity index (χ0n) is 16.2. The van der Waals surface area contributed by atoms with Gasteiger partial charge in [-0.25, -0.2) is 26.5 Å². The maximum absolute atomic E-state index is 12.8. The SMILES string of the molecule is CCC(NS(=O)(=O)c1ccc(S(=O)(=O)CC)cc1)c1ncc(-c2ccccc2)[nH]1. The molecule has 0 amide bonds. The summed E-state index contributed by atoms with van der Waals surface area (Å²) in [5.41, 5.74) is 1.75. The number of hydrogen-bond acceptors (Lipinski definition) is 5. The van der Waals surface area contributed by atoms with E-state index in [2.05, 4.69) is 14.7 Å². The van der Waals surface area contributed by atoms with Crippen LogP contribution in [0.3, 0.4) is 0 Å². The Hall–Kier alpha value is -2.49. The van der Waals surface area contributed by atoms with Crippen LogP contribution in [0.5, 0.6) is 0 Å². The fourth-order valence-corrected chi connectivity index (χ4v) is 5.03. The number of rotatable bonds is 8. The summed E-state index contributed by atoms with van der Waals surface area (Å²) in [5.74, 6) is 0.470. The van der Waals surface area contributed by atoms with Crippen molar-refractivity contribution in [3.05, 3.63) is 66.6 Å². The average molecular weight is 434 g/mol. The van der Waals surface area contributed by atoms with E-state index in [1.54, 1.807) is 13.1 Å². The van der Waals surface area contributed by atoms with Crippen LogP contribution in [0.1, 0.15) is 32.1 Å². The van der Waals surface area contributed by atoms with Crippen molar-refractivity contribution in [2.24, 2.45) is 0 Å². The molecule has 0 fully saturated rings. The number of hydrogen-bond donors (Lipinski definition) is 2. The van der Waals surface area contributed by atoms with Gasteiger partial charge < -0.3 is 4.98 Å². The fourth-order valence-electron chi connectivity index (χ4n) is 2.86. The van der Waals surface area contributed by atoms with E-state index >= 15 is 0 Å². The second-order valence-electron chi connectivity index (χ2n) is 6.51. The molecule has 3 rings (SSSR count). The average Bonchev–Trinajstić information content (AvgIpc) is 3.23. The van der Waals surface area contributed by atoms with Crippen molar-refractivity contribution in [3.63, 3.8) is 0 Å². The van der Waals surface area contributed by atoms with Crippen LogP contribution in [0.25, 0.3) is 11.3 Å². The maximum Gasteiger partial charge on any atom is 0.241 e. The van der Waals surface area contributed by atoms with Crippen LogP contribution in [0.2, 0.25) is 0 Å². The fraction of sp³-hybridized carbons (Fsp3) is 0.250. The quantitative estimate of drug-likeness (QED) is 0.566. The molecule has 9 heteroatoms. The van der Waals surface area contributed by atoms with Crippen LogP contribution in [0.4, 0.5) is 0 Å². The molecule has 2 N–H and O–H groups in total. The first kappa shape index (κ1) is 21.2. The van der Waals surface area contributed by atoms with Crippen LogP contribution in [-0.2, 0) is 19.9 Å². The Kier molecular flexibility index (Phi) is 6.21. The van der Waals surface area contributed by atoms with E-state index in [-0.39, 0.29) is 15.5 Å². The van der Waals surface area contributed by atoms with Crippen LogP contribution in [0, 0.1) is 0 Å². The second-order valence-corrected chi connectivity index (χ2v) is 10.5. The maximum atomic E-state index is 12.8. The van der Waals surface area contributed by atoms with Crippen molar-refractivity contribution in [1.82, 2.24) is 14.7 Å². The predicted octanol–water partition coefficient (Wildman–Crippen LogP) is 3.30. The highest BCUT2D eigenvalue weighted by Crippen LogP contribution is 2.23. The summed E-state index contributed by atoms with van der Waals surface area (Å²) in [4.78, 5) is 7.61. The lowest BCUT2D eigenvalue weighted by Crippen LogP contribution is -2.29. The largest absolute Gasteiger partial charge is 0.341 e. The lowest BCUT2D eigenvalue weighted by molar-refractivity contribution is 0.539. The molecule has 1 heterocycles. The van der Waals surface area contributed by atoms with Gasteiger partial charge in [-0.2, -0.15) is 0 Å². The van der Waals surface area contributed by atoms with Crippen LogP contribution >= 0.6 is 0 Å². The summed E-state index contributed by atoms with van der Waals surface area (Å²) in [5, 5.41) is 0. The zero-order valence-corrected chi connectivity index (χ0v) is 17.8. The minimum absolute atomic E-state index is 0.000780. The molecule has 0 spiro atoms. The van der Waals surface area contributed by atoms with Gasteiger partial charge in [-0.15, -0.1) is 0 Å². The van der Waals surface area contributed by atoms with Gasteiger partial charge in [-0.1, -0.05) is 44.2 Å². The standard InChI is InChI=1S/C20H23N3O4S2/c1-3-18(20-21-14-19(22-20)15-8-6-5-7-9-15)23-29(26,27)17-12-10-16(11-13-17)28(24,25)4-2/h5-14,18,23H,3-4H2,1-2H3,(H,21,22). The Bertz CT molecular complexity index is 1170. The van der Waals surface area contributed by atoms with Gasteiger partial charge in [0.05, 0.1) is 33.5 Å². The Labute approximate surface area is 171 Å². The third kappa shape index (κ3) is 4.75. The topological polar surface area (TPSA) is 109 Å².